The predicted octanol–water partition coefficient (Wildman–Crippen LogP) is 3.81. The van der Waals surface area contributed by atoms with Gasteiger partial charge in [0.25, 0.3) is 0 Å². The zero-order chi connectivity index (χ0) is 15.8. The number of nitrogens with one attached hydrogen (secondary N) is 1. The average Bonchev–Trinajstić information content (AvgIpc) is 2.59. The van der Waals surface area contributed by atoms with Gasteiger partial charge in [0.1, 0.15) is 11.5 Å². The number of aryl methyl sites for hydroxylation is 1. The quantitative estimate of drug-likeness (QED) is 0.804. The first-order valence-electron chi connectivity index (χ1n) is 7.70. The molecule has 2 rings (SSSR count). The molecule has 0 saturated heterocycles. The predicted molar refractivity (Wildman–Crippen MR) is 90.6 cm³/mol. The Kier molecular flexibility index (Phi) is 6.28. The fourth-order valence-electron chi connectivity index (χ4n) is 2.31. The summed E-state index contributed by atoms with van der Waals surface area (Å²) in [4.78, 5) is 0. The number of hydrogen-bond acceptors (Lipinski definition) is 3. The minimum Gasteiger partial charge on any atom is -0.497 e. The minimum atomic E-state index is 0.476. The van der Waals surface area contributed by atoms with Gasteiger partial charge in [0.15, 0.2) is 0 Å². The topological polar surface area (TPSA) is 30.5 Å². The highest BCUT2D eigenvalue weighted by molar-refractivity contribution is 5.28. The van der Waals surface area contributed by atoms with Crippen LogP contribution in [0, 0.1) is 0 Å². The SMILES string of the molecule is COc1ccc(CC[C@@H](C)NCc2ccc(OC)cc2)cc1. The van der Waals surface area contributed by atoms with Crippen molar-refractivity contribution in [1.82, 2.24) is 5.32 Å². The lowest BCUT2D eigenvalue weighted by molar-refractivity contribution is 0.414. The molecule has 0 aliphatic carbocycles. The Morgan fingerprint density at radius 3 is 1.82 bits per heavy atom. The van der Waals surface area contributed by atoms with Crippen molar-refractivity contribution in [3.8, 4) is 11.5 Å². The van der Waals surface area contributed by atoms with E-state index >= 15 is 0 Å². The van der Waals surface area contributed by atoms with Crippen molar-refractivity contribution >= 4 is 0 Å². The molecule has 0 fully saturated rings. The first-order valence-corrected chi connectivity index (χ1v) is 7.70. The fourth-order valence-corrected chi connectivity index (χ4v) is 2.31. The van der Waals surface area contributed by atoms with Crippen molar-refractivity contribution in [3.05, 3.63) is 59.7 Å². The monoisotopic (exact) mass is 299 g/mol. The lowest BCUT2D eigenvalue weighted by Crippen LogP contribution is -2.25. The maximum atomic E-state index is 5.18. The summed E-state index contributed by atoms with van der Waals surface area (Å²) in [5, 5.41) is 3.56. The second-order valence-corrected chi connectivity index (χ2v) is 5.52. The molecule has 22 heavy (non-hydrogen) atoms. The van der Waals surface area contributed by atoms with Gasteiger partial charge in [-0.25, -0.2) is 0 Å². The summed E-state index contributed by atoms with van der Waals surface area (Å²) in [7, 11) is 3.38. The molecule has 0 heterocycles. The van der Waals surface area contributed by atoms with Crippen LogP contribution >= 0.6 is 0 Å². The molecule has 0 aromatic heterocycles. The van der Waals surface area contributed by atoms with E-state index in [1.165, 1.54) is 11.1 Å². The Hall–Kier alpha value is -2.00. The van der Waals surface area contributed by atoms with Crippen LogP contribution in [-0.2, 0) is 13.0 Å². The molecule has 0 unspecified atom stereocenters. The molecule has 2 aromatic rings. The Labute approximate surface area is 133 Å². The zero-order valence-corrected chi connectivity index (χ0v) is 13.6. The van der Waals surface area contributed by atoms with E-state index in [0.717, 1.165) is 30.9 Å². The van der Waals surface area contributed by atoms with Crippen LogP contribution in [0.4, 0.5) is 0 Å². The van der Waals surface area contributed by atoms with Crippen LogP contribution in [0.1, 0.15) is 24.5 Å². The lowest BCUT2D eigenvalue weighted by atomic mass is 10.1. The molecule has 0 aliphatic rings. The van der Waals surface area contributed by atoms with E-state index in [0.29, 0.717) is 6.04 Å². The van der Waals surface area contributed by atoms with Crippen LogP contribution < -0.4 is 14.8 Å². The van der Waals surface area contributed by atoms with Crippen molar-refractivity contribution in [2.45, 2.75) is 32.4 Å². The molecule has 118 valence electrons. The fraction of sp³-hybridized carbons (Fsp3) is 0.368. The summed E-state index contributed by atoms with van der Waals surface area (Å²) in [5.41, 5.74) is 2.62. The summed E-state index contributed by atoms with van der Waals surface area (Å²) in [6, 6.07) is 17.0. The second-order valence-electron chi connectivity index (χ2n) is 5.52. The van der Waals surface area contributed by atoms with Crippen LogP contribution in [-0.4, -0.2) is 20.3 Å². The van der Waals surface area contributed by atoms with Gasteiger partial charge in [0, 0.05) is 12.6 Å². The van der Waals surface area contributed by atoms with Crippen molar-refractivity contribution in [2.75, 3.05) is 14.2 Å². The minimum absolute atomic E-state index is 0.476. The number of ether oxygens (including phenoxy) is 2. The molecule has 0 radical (unpaired) electrons. The van der Waals surface area contributed by atoms with Crippen LogP contribution in [0.5, 0.6) is 11.5 Å². The molecule has 1 N–H and O–H groups in total. The van der Waals surface area contributed by atoms with Crippen molar-refractivity contribution in [3.63, 3.8) is 0 Å². The largest absolute Gasteiger partial charge is 0.497 e. The third-order valence-electron chi connectivity index (χ3n) is 3.84. The van der Waals surface area contributed by atoms with E-state index in [2.05, 4.69) is 36.5 Å². The molecule has 0 bridgehead atoms. The van der Waals surface area contributed by atoms with Gasteiger partial charge in [0.05, 0.1) is 14.2 Å². The van der Waals surface area contributed by atoms with E-state index in [1.54, 1.807) is 14.2 Å². The van der Waals surface area contributed by atoms with Gasteiger partial charge in [-0.3, -0.25) is 0 Å². The highest BCUT2D eigenvalue weighted by Gasteiger charge is 2.03. The second kappa shape index (κ2) is 8.44. The molecular weight excluding hydrogens is 274 g/mol. The summed E-state index contributed by atoms with van der Waals surface area (Å²) >= 11 is 0. The molecule has 0 aliphatic heterocycles. The average molecular weight is 299 g/mol. The van der Waals surface area contributed by atoms with Crippen LogP contribution in [0.15, 0.2) is 48.5 Å². The molecular formula is C19H25NO2. The van der Waals surface area contributed by atoms with Gasteiger partial charge >= 0.3 is 0 Å². The Morgan fingerprint density at radius 2 is 1.32 bits per heavy atom. The third-order valence-corrected chi connectivity index (χ3v) is 3.84. The zero-order valence-electron chi connectivity index (χ0n) is 13.6. The third kappa shape index (κ3) is 5.08. The van der Waals surface area contributed by atoms with Gasteiger partial charge in [-0.15, -0.1) is 0 Å². The number of rotatable bonds is 8. The van der Waals surface area contributed by atoms with E-state index in [9.17, 15) is 0 Å². The summed E-state index contributed by atoms with van der Waals surface area (Å²) < 4.78 is 10.3. The molecule has 0 saturated carbocycles. The first-order chi connectivity index (χ1) is 10.7. The Balaban J connectivity index is 1.73. The van der Waals surface area contributed by atoms with Crippen molar-refractivity contribution in [2.24, 2.45) is 0 Å². The molecule has 0 amide bonds. The summed E-state index contributed by atoms with van der Waals surface area (Å²) in [6.45, 7) is 3.11. The van der Waals surface area contributed by atoms with Gasteiger partial charge < -0.3 is 14.8 Å². The van der Waals surface area contributed by atoms with E-state index in [4.69, 9.17) is 9.47 Å². The lowest BCUT2D eigenvalue weighted by Gasteiger charge is -2.14. The van der Waals surface area contributed by atoms with Crippen LogP contribution in [0.2, 0.25) is 0 Å². The maximum Gasteiger partial charge on any atom is 0.118 e. The van der Waals surface area contributed by atoms with E-state index in [1.807, 2.05) is 24.3 Å². The maximum absolute atomic E-state index is 5.18. The summed E-state index contributed by atoms with van der Waals surface area (Å²) in [6.07, 6.45) is 2.18. The number of methoxy groups -OCH3 is 2. The smallest absolute Gasteiger partial charge is 0.118 e. The van der Waals surface area contributed by atoms with Gasteiger partial charge in [-0.05, 0) is 55.2 Å². The normalized spacial score (nSPS) is 12.0. The van der Waals surface area contributed by atoms with Gasteiger partial charge in [0.2, 0.25) is 0 Å². The molecule has 3 nitrogen and oxygen atoms in total. The first kappa shape index (κ1) is 16.4. The van der Waals surface area contributed by atoms with Crippen molar-refractivity contribution in [1.29, 1.82) is 0 Å². The molecule has 0 spiro atoms. The number of benzene rings is 2. The molecule has 2 aromatic carbocycles. The highest BCUT2D eigenvalue weighted by atomic mass is 16.5. The number of hydrogen-bond donors (Lipinski definition) is 1. The van der Waals surface area contributed by atoms with E-state index in [-0.39, 0.29) is 0 Å². The molecule has 3 heteroatoms. The Bertz CT molecular complexity index is 497. The van der Waals surface area contributed by atoms with Crippen molar-refractivity contribution < 1.29 is 9.47 Å². The van der Waals surface area contributed by atoms with E-state index < -0.39 is 0 Å². The van der Waals surface area contributed by atoms with Gasteiger partial charge in [-0.2, -0.15) is 0 Å². The van der Waals surface area contributed by atoms with Crippen LogP contribution in [0.3, 0.4) is 0 Å². The molecule has 1 atom stereocenters. The highest BCUT2D eigenvalue weighted by Crippen LogP contribution is 2.14. The summed E-state index contributed by atoms with van der Waals surface area (Å²) in [5.74, 6) is 1.81. The van der Waals surface area contributed by atoms with Crippen LogP contribution in [0.25, 0.3) is 0 Å². The standard InChI is InChI=1S/C19H25NO2/c1-15(4-5-16-6-10-18(21-2)11-7-16)20-14-17-8-12-19(22-3)13-9-17/h6-13,15,20H,4-5,14H2,1-3H3/t15-/m1/s1. The Morgan fingerprint density at radius 1 is 0.818 bits per heavy atom. The van der Waals surface area contributed by atoms with Gasteiger partial charge in [-0.1, -0.05) is 24.3 Å².